The van der Waals surface area contributed by atoms with Gasteiger partial charge in [0.15, 0.2) is 0 Å². The fraction of sp³-hybridized carbons (Fsp3) is 0.632. The summed E-state index contributed by atoms with van der Waals surface area (Å²) in [5.41, 5.74) is 2.93. The topological polar surface area (TPSA) is 51.0 Å². The van der Waals surface area contributed by atoms with E-state index in [0.29, 0.717) is 12.3 Å². The van der Waals surface area contributed by atoms with Crippen molar-refractivity contribution < 1.29 is 4.79 Å². The van der Waals surface area contributed by atoms with Crippen molar-refractivity contribution >= 4 is 17.2 Å². The number of amides is 1. The van der Waals surface area contributed by atoms with E-state index in [1.54, 1.807) is 11.3 Å². The number of imidazole rings is 1. The summed E-state index contributed by atoms with van der Waals surface area (Å²) in [5.74, 6) is 1.79. The Morgan fingerprint density at radius 3 is 3.04 bits per heavy atom. The largest absolute Gasteiger partial charge is 0.342 e. The Bertz CT molecular complexity index is 693. The fourth-order valence-electron chi connectivity index (χ4n) is 3.56. The zero-order chi connectivity index (χ0) is 17.6. The minimum absolute atomic E-state index is 0.268. The van der Waals surface area contributed by atoms with Gasteiger partial charge in [-0.1, -0.05) is 13.3 Å². The monoisotopic (exact) mass is 360 g/mol. The smallest absolute Gasteiger partial charge is 0.222 e. The number of nitrogens with zero attached hydrogens (tertiary/aromatic N) is 4. The van der Waals surface area contributed by atoms with Crippen LogP contribution in [0.5, 0.6) is 0 Å². The number of hydrogen-bond acceptors (Lipinski definition) is 4. The zero-order valence-corrected chi connectivity index (χ0v) is 16.1. The third-order valence-corrected chi connectivity index (χ3v) is 6.05. The van der Waals surface area contributed by atoms with Gasteiger partial charge in [0.2, 0.25) is 5.91 Å². The molecule has 0 aliphatic carbocycles. The summed E-state index contributed by atoms with van der Waals surface area (Å²) in [7, 11) is 0. The van der Waals surface area contributed by atoms with Crippen LogP contribution < -0.4 is 0 Å². The van der Waals surface area contributed by atoms with E-state index in [1.807, 2.05) is 23.5 Å². The molecule has 0 bridgehead atoms. The van der Waals surface area contributed by atoms with Gasteiger partial charge in [0, 0.05) is 49.2 Å². The molecule has 136 valence electrons. The number of carbonyl (C=O) groups is 1. The summed E-state index contributed by atoms with van der Waals surface area (Å²) in [6.07, 6.45) is 9.92. The van der Waals surface area contributed by atoms with Gasteiger partial charge in [0.05, 0.1) is 11.2 Å². The van der Waals surface area contributed by atoms with E-state index in [4.69, 9.17) is 0 Å². The lowest BCUT2D eigenvalue weighted by atomic mass is 9.96. The van der Waals surface area contributed by atoms with Gasteiger partial charge in [-0.25, -0.2) is 9.97 Å². The van der Waals surface area contributed by atoms with Crippen molar-refractivity contribution in [3.05, 3.63) is 34.3 Å². The van der Waals surface area contributed by atoms with Gasteiger partial charge < -0.3 is 9.47 Å². The van der Waals surface area contributed by atoms with E-state index in [0.717, 1.165) is 50.4 Å². The number of aryl methyl sites for hydroxylation is 3. The number of hydrogen-bond donors (Lipinski definition) is 0. The average Bonchev–Trinajstić information content (AvgIpc) is 3.26. The lowest BCUT2D eigenvalue weighted by Crippen LogP contribution is -2.39. The van der Waals surface area contributed by atoms with Crippen molar-refractivity contribution in [3.63, 3.8) is 0 Å². The third kappa shape index (κ3) is 4.48. The van der Waals surface area contributed by atoms with Gasteiger partial charge in [0.25, 0.3) is 0 Å². The van der Waals surface area contributed by atoms with Gasteiger partial charge in [-0.15, -0.1) is 11.3 Å². The second kappa shape index (κ2) is 8.61. The van der Waals surface area contributed by atoms with Crippen molar-refractivity contribution in [1.82, 2.24) is 19.4 Å². The molecule has 2 aromatic heterocycles. The Morgan fingerprint density at radius 2 is 2.28 bits per heavy atom. The Labute approximate surface area is 154 Å². The molecule has 0 saturated carbocycles. The van der Waals surface area contributed by atoms with Crippen molar-refractivity contribution in [2.45, 2.75) is 64.8 Å². The highest BCUT2D eigenvalue weighted by Crippen LogP contribution is 2.27. The molecule has 3 rings (SSSR count). The highest BCUT2D eigenvalue weighted by atomic mass is 32.1. The number of rotatable bonds is 7. The van der Waals surface area contributed by atoms with Gasteiger partial charge in [-0.2, -0.15) is 0 Å². The summed E-state index contributed by atoms with van der Waals surface area (Å²) in [6, 6.07) is 0. The van der Waals surface area contributed by atoms with E-state index in [2.05, 4.69) is 27.7 Å². The van der Waals surface area contributed by atoms with Crippen LogP contribution in [-0.2, 0) is 17.8 Å². The predicted molar refractivity (Wildman–Crippen MR) is 101 cm³/mol. The Balaban J connectivity index is 1.58. The Kier molecular flexibility index (Phi) is 6.24. The van der Waals surface area contributed by atoms with E-state index in [-0.39, 0.29) is 5.91 Å². The number of aromatic nitrogens is 3. The van der Waals surface area contributed by atoms with Gasteiger partial charge in [-0.3, -0.25) is 4.79 Å². The van der Waals surface area contributed by atoms with Crippen LogP contribution in [0.4, 0.5) is 0 Å². The molecule has 1 saturated heterocycles. The van der Waals surface area contributed by atoms with Crippen LogP contribution in [-0.4, -0.2) is 38.4 Å². The predicted octanol–water partition coefficient (Wildman–Crippen LogP) is 3.79. The summed E-state index contributed by atoms with van der Waals surface area (Å²) in [6.45, 7) is 6.95. The van der Waals surface area contributed by atoms with Crippen LogP contribution in [0.2, 0.25) is 0 Å². The molecule has 6 heteroatoms. The highest BCUT2D eigenvalue weighted by molar-refractivity contribution is 7.09. The lowest BCUT2D eigenvalue weighted by Gasteiger charge is -2.33. The minimum Gasteiger partial charge on any atom is -0.342 e. The van der Waals surface area contributed by atoms with Gasteiger partial charge in [0.1, 0.15) is 5.82 Å². The van der Waals surface area contributed by atoms with E-state index < -0.39 is 0 Å². The number of thiazole rings is 1. The molecule has 1 aliphatic heterocycles. The van der Waals surface area contributed by atoms with Crippen LogP contribution in [0.15, 0.2) is 17.9 Å². The Morgan fingerprint density at radius 1 is 1.40 bits per heavy atom. The van der Waals surface area contributed by atoms with Crippen molar-refractivity contribution in [3.8, 4) is 0 Å². The first-order valence-electron chi connectivity index (χ1n) is 9.36. The molecule has 0 spiro atoms. The lowest BCUT2D eigenvalue weighted by molar-refractivity contribution is -0.132. The molecule has 0 radical (unpaired) electrons. The average molecular weight is 361 g/mol. The molecule has 2 aromatic rings. The summed E-state index contributed by atoms with van der Waals surface area (Å²) in [5, 5.41) is 0. The zero-order valence-electron chi connectivity index (χ0n) is 15.3. The number of unbranched alkanes of at least 4 members (excludes halogenated alkanes) is 1. The molecule has 0 aromatic carbocycles. The number of piperidine rings is 1. The molecule has 1 amide bonds. The molecule has 0 N–H and O–H groups in total. The number of carbonyl (C=O) groups excluding carboxylic acids is 1. The normalized spacial score (nSPS) is 17.8. The first-order chi connectivity index (χ1) is 12.2. The van der Waals surface area contributed by atoms with Crippen molar-refractivity contribution in [2.24, 2.45) is 0 Å². The second-order valence-electron chi connectivity index (χ2n) is 6.87. The maximum Gasteiger partial charge on any atom is 0.222 e. The van der Waals surface area contributed by atoms with E-state index in [9.17, 15) is 4.79 Å². The van der Waals surface area contributed by atoms with Crippen molar-refractivity contribution in [1.29, 1.82) is 0 Å². The molecule has 3 heterocycles. The molecule has 25 heavy (non-hydrogen) atoms. The molecule has 1 fully saturated rings. The first-order valence-corrected chi connectivity index (χ1v) is 10.2. The van der Waals surface area contributed by atoms with Crippen LogP contribution in [0, 0.1) is 6.92 Å². The Hall–Kier alpha value is -1.69. The molecule has 0 unspecified atom stereocenters. The molecular formula is C19H28N4OS. The maximum atomic E-state index is 12.7. The third-order valence-electron chi connectivity index (χ3n) is 5.05. The van der Waals surface area contributed by atoms with E-state index >= 15 is 0 Å². The van der Waals surface area contributed by atoms with Crippen LogP contribution in [0.3, 0.4) is 0 Å². The van der Waals surface area contributed by atoms with Crippen LogP contribution >= 0.6 is 11.3 Å². The van der Waals surface area contributed by atoms with Crippen LogP contribution in [0.1, 0.15) is 61.3 Å². The summed E-state index contributed by atoms with van der Waals surface area (Å²) in [4.78, 5) is 24.8. The standard InChI is InChI=1S/C19H28N4OS/c1-3-4-10-22-12-9-20-19(22)16-6-5-11-23(13-16)18(24)8-7-17-15(2)21-14-25-17/h9,12,14,16H,3-8,10-11,13H2,1-2H3/t16-/m0/s1. The maximum absolute atomic E-state index is 12.7. The molecule has 1 atom stereocenters. The van der Waals surface area contributed by atoms with Crippen LogP contribution in [0.25, 0.3) is 0 Å². The highest BCUT2D eigenvalue weighted by Gasteiger charge is 2.27. The minimum atomic E-state index is 0.268. The summed E-state index contributed by atoms with van der Waals surface area (Å²) < 4.78 is 2.28. The second-order valence-corrected chi connectivity index (χ2v) is 7.81. The molecule has 5 nitrogen and oxygen atoms in total. The van der Waals surface area contributed by atoms with Gasteiger partial charge in [-0.05, 0) is 32.6 Å². The van der Waals surface area contributed by atoms with Crippen molar-refractivity contribution in [2.75, 3.05) is 13.1 Å². The number of likely N-dealkylation sites (tertiary alicyclic amines) is 1. The molecule has 1 aliphatic rings. The van der Waals surface area contributed by atoms with Gasteiger partial charge >= 0.3 is 0 Å². The first kappa shape index (κ1) is 18.1. The van der Waals surface area contributed by atoms with E-state index in [1.165, 1.54) is 17.7 Å². The SMILES string of the molecule is CCCCn1ccnc1[C@H]1CCCN(C(=O)CCc2scnc2C)C1. The fourth-order valence-corrected chi connectivity index (χ4v) is 4.34. The quantitative estimate of drug-likeness (QED) is 0.755. The summed E-state index contributed by atoms with van der Waals surface area (Å²) >= 11 is 1.65. The molecular weight excluding hydrogens is 332 g/mol.